The average molecular weight is 597 g/mol. The fourth-order valence-electron chi connectivity index (χ4n) is 5.90. The Bertz CT molecular complexity index is 2020. The predicted molar refractivity (Wildman–Crippen MR) is 163 cm³/mol. The maximum absolute atomic E-state index is 15.0. The third kappa shape index (κ3) is 3.56. The number of nitrogens with zero attached hydrogens (tertiary/aromatic N) is 4. The average Bonchev–Trinajstić information content (AvgIpc) is 3.61. The minimum absolute atomic E-state index is 0.000561. The molecule has 5 aromatic rings. The molecule has 1 atom stereocenters. The number of carbonyl (C=O) groups is 2. The monoisotopic (exact) mass is 596 g/mol. The number of halogens is 1. The lowest BCUT2D eigenvalue weighted by Crippen LogP contribution is -2.53. The second kappa shape index (κ2) is 9.34. The van der Waals surface area contributed by atoms with Gasteiger partial charge in [0.15, 0.2) is 11.0 Å². The Balaban J connectivity index is 1.55. The number of fused-ring (bicyclic) bond motifs is 5. The first-order valence-electron chi connectivity index (χ1n) is 13.5. The quantitative estimate of drug-likeness (QED) is 0.235. The first-order valence-corrected chi connectivity index (χ1v) is 14.7. The third-order valence-corrected chi connectivity index (χ3v) is 9.57. The molecule has 2 aliphatic rings. The third-order valence-electron chi connectivity index (χ3n) is 8.11. The summed E-state index contributed by atoms with van der Waals surface area (Å²) in [5.74, 6) is -1.16. The van der Waals surface area contributed by atoms with E-state index < -0.39 is 22.8 Å². The lowest BCUT2D eigenvalue weighted by Gasteiger charge is -2.32. The number of benzene rings is 3. The van der Waals surface area contributed by atoms with Gasteiger partial charge in [0.1, 0.15) is 10.6 Å². The van der Waals surface area contributed by atoms with E-state index in [1.54, 1.807) is 41.3 Å². The van der Waals surface area contributed by atoms with Crippen molar-refractivity contribution >= 4 is 56.5 Å². The van der Waals surface area contributed by atoms with Crippen LogP contribution in [0.3, 0.4) is 0 Å². The van der Waals surface area contributed by atoms with Gasteiger partial charge < -0.3 is 9.32 Å². The summed E-state index contributed by atoms with van der Waals surface area (Å²) in [5.41, 5.74) is 1.81. The number of hydrogen-bond donors (Lipinski definition) is 0. The molecule has 210 valence electrons. The fourth-order valence-corrected chi connectivity index (χ4v) is 6.92. The number of aromatic nitrogens is 2. The molecule has 0 fully saturated rings. The van der Waals surface area contributed by atoms with Gasteiger partial charge in [-0.15, -0.1) is 10.2 Å². The lowest BCUT2D eigenvalue weighted by molar-refractivity contribution is -0.121. The molecule has 4 heterocycles. The van der Waals surface area contributed by atoms with Crippen molar-refractivity contribution in [2.75, 3.05) is 9.80 Å². The van der Waals surface area contributed by atoms with Crippen molar-refractivity contribution in [1.82, 2.24) is 10.2 Å². The van der Waals surface area contributed by atoms with Gasteiger partial charge in [-0.1, -0.05) is 67.1 Å². The normalized spacial score (nSPS) is 17.7. The molecule has 1 spiro atoms. The summed E-state index contributed by atoms with van der Waals surface area (Å²) in [5, 5.41) is 10.5. The van der Waals surface area contributed by atoms with Gasteiger partial charge >= 0.3 is 0 Å². The van der Waals surface area contributed by atoms with Crippen molar-refractivity contribution in [3.8, 4) is 0 Å². The van der Waals surface area contributed by atoms with Gasteiger partial charge in [0.05, 0.1) is 23.2 Å². The van der Waals surface area contributed by atoms with Crippen molar-refractivity contribution in [2.24, 2.45) is 0 Å². The van der Waals surface area contributed by atoms with Crippen molar-refractivity contribution in [3.05, 3.63) is 114 Å². The number of anilines is 2. The van der Waals surface area contributed by atoms with E-state index in [1.165, 1.54) is 16.2 Å². The van der Waals surface area contributed by atoms with Gasteiger partial charge in [-0.05, 0) is 60.9 Å². The van der Waals surface area contributed by atoms with Crippen molar-refractivity contribution in [2.45, 2.75) is 45.7 Å². The van der Waals surface area contributed by atoms with Gasteiger partial charge in [-0.2, -0.15) is 0 Å². The number of carbonyl (C=O) groups excluding carboxylic acids is 2. The molecular weight excluding hydrogens is 572 g/mol. The van der Waals surface area contributed by atoms with Crippen LogP contribution in [0.25, 0.3) is 11.0 Å². The summed E-state index contributed by atoms with van der Waals surface area (Å²) in [6, 6.07) is 18.0. The van der Waals surface area contributed by atoms with Crippen LogP contribution in [0.5, 0.6) is 0 Å². The van der Waals surface area contributed by atoms with Gasteiger partial charge in [0.2, 0.25) is 10.9 Å². The highest BCUT2D eigenvalue weighted by atomic mass is 35.5. The highest BCUT2D eigenvalue weighted by Gasteiger charge is 2.66. The molecule has 42 heavy (non-hydrogen) atoms. The van der Waals surface area contributed by atoms with Crippen LogP contribution < -0.4 is 15.2 Å². The van der Waals surface area contributed by atoms with E-state index >= 15 is 0 Å². The molecule has 2 aromatic heterocycles. The Hall–Kier alpha value is -4.34. The van der Waals surface area contributed by atoms with E-state index in [0.717, 1.165) is 16.7 Å². The maximum Gasteiger partial charge on any atom is 0.297 e. The number of aryl methyl sites for hydroxylation is 2. The van der Waals surface area contributed by atoms with E-state index in [4.69, 9.17) is 16.0 Å². The van der Waals surface area contributed by atoms with Crippen molar-refractivity contribution in [3.63, 3.8) is 0 Å². The molecule has 0 saturated heterocycles. The smallest absolute Gasteiger partial charge is 0.297 e. The molecule has 3 aromatic carbocycles. The molecule has 0 aliphatic carbocycles. The minimum Gasteiger partial charge on any atom is -0.450 e. The second-order valence-corrected chi connectivity index (χ2v) is 12.5. The highest BCUT2D eigenvalue weighted by molar-refractivity contribution is 7.15. The van der Waals surface area contributed by atoms with Gasteiger partial charge in [-0.3, -0.25) is 19.3 Å². The Morgan fingerprint density at radius 2 is 1.69 bits per heavy atom. The fraction of sp³-hybridized carbons (Fsp3) is 0.219. The summed E-state index contributed by atoms with van der Waals surface area (Å²) in [7, 11) is 0. The molecule has 0 bridgehead atoms. The van der Waals surface area contributed by atoms with Crippen LogP contribution in [0.2, 0.25) is 5.02 Å². The van der Waals surface area contributed by atoms with Crippen LogP contribution in [-0.2, 0) is 16.9 Å². The van der Waals surface area contributed by atoms with Crippen LogP contribution in [0.4, 0.5) is 10.8 Å². The highest BCUT2D eigenvalue weighted by Crippen LogP contribution is 2.54. The van der Waals surface area contributed by atoms with Crippen LogP contribution in [-0.4, -0.2) is 22.0 Å². The summed E-state index contributed by atoms with van der Waals surface area (Å²) < 4.78 is 6.24. The van der Waals surface area contributed by atoms with E-state index in [9.17, 15) is 14.4 Å². The molecule has 0 radical (unpaired) electrons. The largest absolute Gasteiger partial charge is 0.450 e. The first-order chi connectivity index (χ1) is 20.1. The predicted octanol–water partition coefficient (Wildman–Crippen LogP) is 6.49. The zero-order valence-corrected chi connectivity index (χ0v) is 24.8. The zero-order chi connectivity index (χ0) is 29.5. The van der Waals surface area contributed by atoms with Crippen LogP contribution >= 0.6 is 22.9 Å². The molecule has 10 heteroatoms. The standard InChI is InChI=1S/C32H25ClN4O4S/c1-16(2)28-34-35-31(42-28)37-29(39)27-25(26(38)21-13-17(3)18(4)14-24(21)41-27)32(37)22-7-5-6-8-23(22)36(30(32)40)15-19-9-11-20(33)12-10-19/h5-14,16H,15H2,1-4H3. The van der Waals surface area contributed by atoms with Gasteiger partial charge in [-0.25, -0.2) is 0 Å². The van der Waals surface area contributed by atoms with E-state index in [2.05, 4.69) is 10.2 Å². The van der Waals surface area contributed by atoms with E-state index in [1.807, 2.05) is 52.0 Å². The zero-order valence-electron chi connectivity index (χ0n) is 23.3. The minimum atomic E-state index is -1.82. The number of rotatable bonds is 4. The summed E-state index contributed by atoms with van der Waals surface area (Å²) in [6.07, 6.45) is 0. The molecule has 1 unspecified atom stereocenters. The first kappa shape index (κ1) is 26.6. The van der Waals surface area contributed by atoms with Crippen LogP contribution in [0.15, 0.2) is 69.9 Å². The van der Waals surface area contributed by atoms with Crippen LogP contribution in [0.1, 0.15) is 63.1 Å². The van der Waals surface area contributed by atoms with Gasteiger partial charge in [0, 0.05) is 16.5 Å². The van der Waals surface area contributed by atoms with E-state index in [-0.39, 0.29) is 28.9 Å². The Labute approximate surface area is 250 Å². The Morgan fingerprint density at radius 3 is 2.40 bits per heavy atom. The number of amides is 2. The summed E-state index contributed by atoms with van der Waals surface area (Å²) in [6.45, 7) is 7.99. The molecule has 2 aliphatic heterocycles. The topological polar surface area (TPSA) is 96.6 Å². The van der Waals surface area contributed by atoms with Crippen molar-refractivity contribution in [1.29, 1.82) is 0 Å². The lowest BCUT2D eigenvalue weighted by atomic mass is 9.84. The molecule has 2 amide bonds. The number of hydrogen-bond acceptors (Lipinski definition) is 7. The van der Waals surface area contributed by atoms with E-state index in [0.29, 0.717) is 32.3 Å². The molecule has 8 nitrogen and oxygen atoms in total. The summed E-state index contributed by atoms with van der Waals surface area (Å²) >= 11 is 7.35. The Kier molecular flexibility index (Phi) is 5.90. The van der Waals surface area contributed by atoms with Crippen molar-refractivity contribution < 1.29 is 14.0 Å². The maximum atomic E-state index is 15.0. The Morgan fingerprint density at radius 1 is 0.976 bits per heavy atom. The number of para-hydroxylation sites is 1. The van der Waals surface area contributed by atoms with Gasteiger partial charge in [0.25, 0.3) is 11.8 Å². The molecule has 0 saturated carbocycles. The molecule has 7 rings (SSSR count). The van der Waals surface area contributed by atoms with Crippen LogP contribution in [0, 0.1) is 13.8 Å². The second-order valence-electron chi connectivity index (χ2n) is 11.0. The molecule has 0 N–H and O–H groups in total. The SMILES string of the molecule is Cc1cc2oc3c(c(=O)c2cc1C)C1(C(=O)N(Cc2ccc(Cl)cc2)c2ccccc21)N(c1nnc(C(C)C)s1)C3=O. The molecular formula is C32H25ClN4O4S. The summed E-state index contributed by atoms with van der Waals surface area (Å²) in [4.78, 5) is 46.8.